The zero-order valence-corrected chi connectivity index (χ0v) is 15.2. The Balaban J connectivity index is 1.78. The summed E-state index contributed by atoms with van der Waals surface area (Å²) in [7, 11) is 1.34. The van der Waals surface area contributed by atoms with E-state index in [4.69, 9.17) is 10.5 Å². The lowest BCUT2D eigenvalue weighted by atomic mass is 9.91. The molecule has 4 rings (SSSR count). The first-order valence-corrected chi connectivity index (χ1v) is 8.57. The third kappa shape index (κ3) is 3.00. The average molecular weight is 380 g/mol. The lowest BCUT2D eigenvalue weighted by Gasteiger charge is -2.27. The number of rotatable bonds is 3. The number of hydrogen-bond acceptors (Lipinski definition) is 7. The number of anilines is 1. The summed E-state index contributed by atoms with van der Waals surface area (Å²) in [5.41, 5.74) is 8.77. The van der Waals surface area contributed by atoms with Crippen molar-refractivity contribution in [3.8, 4) is 17.3 Å². The van der Waals surface area contributed by atoms with E-state index in [9.17, 15) is 9.18 Å². The van der Waals surface area contributed by atoms with E-state index in [0.717, 1.165) is 11.8 Å². The summed E-state index contributed by atoms with van der Waals surface area (Å²) in [6.45, 7) is 1.73. The molecule has 1 aromatic carbocycles. The van der Waals surface area contributed by atoms with E-state index in [1.54, 1.807) is 6.92 Å². The van der Waals surface area contributed by atoms with Gasteiger partial charge in [0.1, 0.15) is 0 Å². The second-order valence-corrected chi connectivity index (χ2v) is 6.36. The number of methoxy groups -OCH3 is 1. The minimum atomic E-state index is -0.647. The Morgan fingerprint density at radius 3 is 2.82 bits per heavy atom. The summed E-state index contributed by atoms with van der Waals surface area (Å²) in [5, 5.41) is 2.98. The molecule has 0 spiro atoms. The van der Waals surface area contributed by atoms with Gasteiger partial charge in [0.25, 0.3) is 11.8 Å². The zero-order chi connectivity index (χ0) is 19.8. The molecule has 1 amide bonds. The Morgan fingerprint density at radius 1 is 1.25 bits per heavy atom. The first kappa shape index (κ1) is 17.8. The van der Waals surface area contributed by atoms with Crippen LogP contribution in [0, 0.1) is 12.7 Å². The molecule has 0 radical (unpaired) electrons. The number of nitrogens with zero attached hydrogens (tertiary/aromatic N) is 4. The van der Waals surface area contributed by atoms with Gasteiger partial charge in [0.05, 0.1) is 36.3 Å². The number of ether oxygens (including phenoxy) is 1. The number of nitrogens with two attached hydrogens (primary N) is 1. The molecule has 3 heterocycles. The number of amides is 1. The average Bonchev–Trinajstić information content (AvgIpc) is 2.67. The molecular formula is C19H17FN6O2. The van der Waals surface area contributed by atoms with Crippen molar-refractivity contribution < 1.29 is 13.9 Å². The molecule has 9 heteroatoms. The van der Waals surface area contributed by atoms with Crippen LogP contribution >= 0.6 is 0 Å². The van der Waals surface area contributed by atoms with Crippen molar-refractivity contribution in [1.82, 2.24) is 25.3 Å². The highest BCUT2D eigenvalue weighted by molar-refractivity contribution is 5.98. The van der Waals surface area contributed by atoms with Gasteiger partial charge < -0.3 is 15.8 Å². The third-order valence-corrected chi connectivity index (χ3v) is 4.59. The lowest BCUT2D eigenvalue weighted by molar-refractivity contribution is 0.0922. The maximum Gasteiger partial charge on any atom is 0.255 e. The fourth-order valence-corrected chi connectivity index (χ4v) is 3.39. The molecule has 0 saturated heterocycles. The van der Waals surface area contributed by atoms with Gasteiger partial charge in [-0.25, -0.2) is 15.0 Å². The molecule has 0 bridgehead atoms. The Bertz CT molecular complexity index is 1090. The predicted molar refractivity (Wildman–Crippen MR) is 99.1 cm³/mol. The molecule has 0 aliphatic carbocycles. The number of halogens is 1. The van der Waals surface area contributed by atoms with Crippen molar-refractivity contribution in [3.63, 3.8) is 0 Å². The lowest BCUT2D eigenvalue weighted by Crippen LogP contribution is -2.37. The number of carbonyl (C=O) groups is 1. The molecule has 1 atom stereocenters. The van der Waals surface area contributed by atoms with Gasteiger partial charge in [0.2, 0.25) is 11.8 Å². The summed E-state index contributed by atoms with van der Waals surface area (Å²) in [4.78, 5) is 29.2. The second kappa shape index (κ2) is 6.84. The van der Waals surface area contributed by atoms with Crippen LogP contribution in [0.1, 0.15) is 33.4 Å². The molecule has 3 N–H and O–H groups in total. The Morgan fingerprint density at radius 2 is 2.04 bits per heavy atom. The van der Waals surface area contributed by atoms with Crippen LogP contribution in [0.5, 0.6) is 5.88 Å². The summed E-state index contributed by atoms with van der Waals surface area (Å²) in [6.07, 6.45) is 1.49. The highest BCUT2D eigenvalue weighted by Crippen LogP contribution is 2.32. The number of fused-ring (bicyclic) bond motifs is 1. The second-order valence-electron chi connectivity index (χ2n) is 6.36. The predicted octanol–water partition coefficient (Wildman–Crippen LogP) is 2.00. The monoisotopic (exact) mass is 380 g/mol. The van der Waals surface area contributed by atoms with Crippen LogP contribution in [-0.2, 0) is 6.42 Å². The van der Waals surface area contributed by atoms with Gasteiger partial charge in [-0.1, -0.05) is 24.3 Å². The Kier molecular flexibility index (Phi) is 4.34. The molecule has 28 heavy (non-hydrogen) atoms. The normalized spacial score (nSPS) is 15.7. The zero-order valence-electron chi connectivity index (χ0n) is 15.2. The van der Waals surface area contributed by atoms with E-state index < -0.39 is 5.82 Å². The van der Waals surface area contributed by atoms with Crippen LogP contribution in [0.2, 0.25) is 0 Å². The van der Waals surface area contributed by atoms with E-state index in [-0.39, 0.29) is 23.8 Å². The van der Waals surface area contributed by atoms with Gasteiger partial charge in [0.15, 0.2) is 5.82 Å². The SMILES string of the molecule is COc1nc(-c2ccccc2[C@H]2Cc3nc(N)nc(C)c3C(=O)N2)ncc1F. The number of aromatic nitrogens is 4. The molecule has 3 aromatic rings. The standard InChI is InChI=1S/C19H17FN6O2/c1-9-15-14(25-19(21)23-9)7-13(24-17(15)27)10-5-3-4-6-11(10)16-22-8-12(20)18(26-16)28-2/h3-6,8,13H,7H2,1-2H3,(H,24,27)(H2,21,23,25)/t13-/m1/s1. The Hall–Kier alpha value is -3.62. The summed E-state index contributed by atoms with van der Waals surface area (Å²) < 4.78 is 18.7. The topological polar surface area (TPSA) is 116 Å². The molecule has 0 saturated carbocycles. The van der Waals surface area contributed by atoms with Gasteiger partial charge >= 0.3 is 0 Å². The molecule has 1 aliphatic heterocycles. The van der Waals surface area contributed by atoms with Crippen molar-refractivity contribution in [2.24, 2.45) is 0 Å². The van der Waals surface area contributed by atoms with Gasteiger partial charge in [-0.15, -0.1) is 0 Å². The van der Waals surface area contributed by atoms with E-state index in [1.807, 2.05) is 24.3 Å². The maximum absolute atomic E-state index is 13.7. The minimum Gasteiger partial charge on any atom is -0.479 e. The van der Waals surface area contributed by atoms with E-state index in [0.29, 0.717) is 34.8 Å². The highest BCUT2D eigenvalue weighted by Gasteiger charge is 2.30. The maximum atomic E-state index is 13.7. The van der Waals surface area contributed by atoms with E-state index >= 15 is 0 Å². The smallest absolute Gasteiger partial charge is 0.255 e. The number of benzene rings is 1. The minimum absolute atomic E-state index is 0.129. The third-order valence-electron chi connectivity index (χ3n) is 4.59. The molecule has 0 fully saturated rings. The number of nitrogens with one attached hydrogen (secondary N) is 1. The van der Waals surface area contributed by atoms with Crippen molar-refractivity contribution in [2.45, 2.75) is 19.4 Å². The van der Waals surface area contributed by atoms with Crippen LogP contribution in [0.4, 0.5) is 10.3 Å². The fraction of sp³-hybridized carbons (Fsp3) is 0.211. The number of carbonyl (C=O) groups excluding carboxylic acids is 1. The van der Waals surface area contributed by atoms with Crippen LogP contribution in [0.3, 0.4) is 0 Å². The quantitative estimate of drug-likeness (QED) is 0.714. The van der Waals surface area contributed by atoms with Gasteiger partial charge in [-0.05, 0) is 12.5 Å². The van der Waals surface area contributed by atoms with Crippen molar-refractivity contribution in [2.75, 3.05) is 12.8 Å². The van der Waals surface area contributed by atoms with Gasteiger partial charge in [0, 0.05) is 12.0 Å². The molecule has 2 aromatic heterocycles. The number of hydrogen-bond donors (Lipinski definition) is 2. The van der Waals surface area contributed by atoms with Crippen molar-refractivity contribution in [3.05, 3.63) is 58.8 Å². The largest absolute Gasteiger partial charge is 0.479 e. The summed E-state index contributed by atoms with van der Waals surface area (Å²) in [5.74, 6) is -0.631. The van der Waals surface area contributed by atoms with Crippen LogP contribution in [0.15, 0.2) is 30.5 Å². The molecule has 8 nitrogen and oxygen atoms in total. The first-order chi connectivity index (χ1) is 13.5. The van der Waals surface area contributed by atoms with Gasteiger partial charge in [-0.2, -0.15) is 9.37 Å². The molecule has 1 aliphatic rings. The number of nitrogen functional groups attached to an aromatic ring is 1. The van der Waals surface area contributed by atoms with Crippen LogP contribution in [-0.4, -0.2) is 33.0 Å². The van der Waals surface area contributed by atoms with Crippen LogP contribution in [0.25, 0.3) is 11.4 Å². The van der Waals surface area contributed by atoms with E-state index in [1.165, 1.54) is 7.11 Å². The molecular weight excluding hydrogens is 363 g/mol. The van der Waals surface area contributed by atoms with Gasteiger partial charge in [-0.3, -0.25) is 4.79 Å². The molecule has 0 unspecified atom stereocenters. The summed E-state index contributed by atoms with van der Waals surface area (Å²) >= 11 is 0. The highest BCUT2D eigenvalue weighted by atomic mass is 19.1. The summed E-state index contributed by atoms with van der Waals surface area (Å²) in [6, 6.07) is 6.97. The van der Waals surface area contributed by atoms with Crippen molar-refractivity contribution in [1.29, 1.82) is 0 Å². The Labute approximate surface area is 160 Å². The van der Waals surface area contributed by atoms with Crippen molar-refractivity contribution >= 4 is 11.9 Å². The molecule has 142 valence electrons. The first-order valence-electron chi connectivity index (χ1n) is 8.57. The number of aryl methyl sites for hydroxylation is 1. The van der Waals surface area contributed by atoms with E-state index in [2.05, 4.69) is 25.3 Å². The fourth-order valence-electron chi connectivity index (χ4n) is 3.39. The van der Waals surface area contributed by atoms with Crippen LogP contribution < -0.4 is 15.8 Å².